The minimum Gasteiger partial charge on any atom is -0.478 e. The maximum absolute atomic E-state index is 11.9. The van der Waals surface area contributed by atoms with E-state index in [1.807, 2.05) is 0 Å². The van der Waals surface area contributed by atoms with Gasteiger partial charge < -0.3 is 9.52 Å². The molecule has 1 aromatic carbocycles. The van der Waals surface area contributed by atoms with Gasteiger partial charge in [-0.15, -0.1) is 0 Å². The summed E-state index contributed by atoms with van der Waals surface area (Å²) in [6, 6.07) is 9.63. The summed E-state index contributed by atoms with van der Waals surface area (Å²) < 4.78 is 5.14. The van der Waals surface area contributed by atoms with E-state index < -0.39 is 5.97 Å². The van der Waals surface area contributed by atoms with Crippen LogP contribution in [0.1, 0.15) is 32.9 Å². The van der Waals surface area contributed by atoms with Crippen LogP contribution in [0.2, 0.25) is 0 Å². The highest BCUT2D eigenvalue weighted by Gasteiger charge is 2.10. The van der Waals surface area contributed by atoms with Crippen LogP contribution in [0.5, 0.6) is 0 Å². The third-order valence-electron chi connectivity index (χ3n) is 2.61. The Morgan fingerprint density at radius 1 is 1.11 bits per heavy atom. The molecule has 0 radical (unpaired) electrons. The van der Waals surface area contributed by atoms with Crippen LogP contribution < -0.4 is 0 Å². The highest BCUT2D eigenvalue weighted by molar-refractivity contribution is 5.98. The molecule has 0 atom stereocenters. The lowest BCUT2D eigenvalue weighted by molar-refractivity contribution is 0.0697. The molecule has 2 aromatic rings. The first kappa shape index (κ1) is 12.1. The molecule has 0 bridgehead atoms. The first-order valence-electron chi connectivity index (χ1n) is 5.56. The molecule has 92 valence electrons. The highest BCUT2D eigenvalue weighted by atomic mass is 16.4. The van der Waals surface area contributed by atoms with Crippen molar-refractivity contribution in [1.29, 1.82) is 0 Å². The second-order valence-corrected chi connectivity index (χ2v) is 3.89. The fourth-order valence-corrected chi connectivity index (χ4v) is 1.66. The lowest BCUT2D eigenvalue weighted by atomic mass is 10.0. The van der Waals surface area contributed by atoms with E-state index in [1.165, 1.54) is 12.1 Å². The summed E-state index contributed by atoms with van der Waals surface area (Å²) in [6.07, 6.45) is 2.38. The molecule has 2 rings (SSSR count). The van der Waals surface area contributed by atoms with Crippen molar-refractivity contribution >= 4 is 11.8 Å². The Morgan fingerprint density at radius 3 is 2.56 bits per heavy atom. The molecular weight excluding hydrogens is 232 g/mol. The summed E-state index contributed by atoms with van der Waals surface area (Å²) in [4.78, 5) is 22.7. The summed E-state index contributed by atoms with van der Waals surface area (Å²) in [7, 11) is 0. The molecule has 1 N–H and O–H groups in total. The Bertz CT molecular complexity index is 555. The van der Waals surface area contributed by atoms with E-state index in [1.54, 1.807) is 30.5 Å². The number of hydrogen-bond donors (Lipinski definition) is 1. The molecule has 0 aliphatic carbocycles. The Morgan fingerprint density at radius 2 is 1.89 bits per heavy atom. The lowest BCUT2D eigenvalue weighted by Crippen LogP contribution is -2.03. The summed E-state index contributed by atoms with van der Waals surface area (Å²) in [5.74, 6) is -0.372. The molecule has 0 fully saturated rings. The van der Waals surface area contributed by atoms with Gasteiger partial charge in [-0.25, -0.2) is 4.79 Å². The number of hydrogen-bond acceptors (Lipinski definition) is 3. The molecule has 18 heavy (non-hydrogen) atoms. The third kappa shape index (κ3) is 2.85. The van der Waals surface area contributed by atoms with Crippen molar-refractivity contribution in [2.75, 3.05) is 0 Å². The average Bonchev–Trinajstić information content (AvgIpc) is 2.89. The van der Waals surface area contributed by atoms with Crippen LogP contribution in [0.25, 0.3) is 0 Å². The Balaban J connectivity index is 2.04. The summed E-state index contributed by atoms with van der Waals surface area (Å²) >= 11 is 0. The zero-order valence-corrected chi connectivity index (χ0v) is 9.63. The van der Waals surface area contributed by atoms with Crippen molar-refractivity contribution in [3.63, 3.8) is 0 Å². The van der Waals surface area contributed by atoms with E-state index in [0.717, 1.165) is 5.76 Å². The minimum atomic E-state index is -1.03. The second kappa shape index (κ2) is 5.31. The Kier molecular flexibility index (Phi) is 3.57. The standard InChI is InChI=1S/C14H12O4/c15-13(7-6-12-5-2-8-18-12)10-3-1-4-11(9-10)14(16)17/h1-5,8-9H,6-7H2,(H,16,17). The number of aryl methyl sites for hydroxylation is 1. The zero-order chi connectivity index (χ0) is 13.0. The SMILES string of the molecule is O=C(O)c1cccc(C(=O)CCc2ccco2)c1. The largest absolute Gasteiger partial charge is 0.478 e. The number of Topliss-reactive ketones (excluding diaryl/α,β-unsaturated/α-hetero) is 1. The molecule has 4 nitrogen and oxygen atoms in total. The number of carbonyl (C=O) groups excluding carboxylic acids is 1. The predicted octanol–water partition coefficient (Wildman–Crippen LogP) is 2.79. The molecule has 0 spiro atoms. The third-order valence-corrected chi connectivity index (χ3v) is 2.61. The number of carboxylic acid groups (broad SMARTS) is 1. The van der Waals surface area contributed by atoms with Crippen molar-refractivity contribution in [1.82, 2.24) is 0 Å². The van der Waals surface area contributed by atoms with Crippen molar-refractivity contribution < 1.29 is 19.1 Å². The first-order chi connectivity index (χ1) is 8.66. The van der Waals surface area contributed by atoms with Gasteiger partial charge in [0.15, 0.2) is 5.78 Å². The van der Waals surface area contributed by atoms with Crippen LogP contribution in [-0.4, -0.2) is 16.9 Å². The van der Waals surface area contributed by atoms with Gasteiger partial charge in [-0.05, 0) is 24.3 Å². The number of carbonyl (C=O) groups is 2. The maximum atomic E-state index is 11.9. The summed E-state index contributed by atoms with van der Waals surface area (Å²) in [5.41, 5.74) is 0.542. The van der Waals surface area contributed by atoms with Gasteiger partial charge in [0, 0.05) is 18.4 Å². The Hall–Kier alpha value is -2.36. The smallest absolute Gasteiger partial charge is 0.335 e. The van der Waals surface area contributed by atoms with Crippen molar-refractivity contribution in [2.24, 2.45) is 0 Å². The summed E-state index contributed by atoms with van der Waals surface area (Å²) in [6.45, 7) is 0. The van der Waals surface area contributed by atoms with Crippen molar-refractivity contribution in [2.45, 2.75) is 12.8 Å². The highest BCUT2D eigenvalue weighted by Crippen LogP contribution is 2.11. The Labute approximate surface area is 104 Å². The lowest BCUT2D eigenvalue weighted by Gasteiger charge is -2.01. The molecule has 1 heterocycles. The van der Waals surface area contributed by atoms with Crippen LogP contribution in [0.3, 0.4) is 0 Å². The molecular formula is C14H12O4. The van der Waals surface area contributed by atoms with Crippen molar-refractivity contribution in [3.05, 3.63) is 59.5 Å². The quantitative estimate of drug-likeness (QED) is 0.821. The van der Waals surface area contributed by atoms with E-state index in [2.05, 4.69) is 0 Å². The predicted molar refractivity (Wildman–Crippen MR) is 64.8 cm³/mol. The zero-order valence-electron chi connectivity index (χ0n) is 9.63. The van der Waals surface area contributed by atoms with Crippen LogP contribution in [0.15, 0.2) is 47.1 Å². The number of carboxylic acids is 1. The van der Waals surface area contributed by atoms with Gasteiger partial charge in [0.05, 0.1) is 11.8 Å². The number of rotatable bonds is 5. The average molecular weight is 244 g/mol. The number of ketones is 1. The monoisotopic (exact) mass is 244 g/mol. The maximum Gasteiger partial charge on any atom is 0.335 e. The molecule has 0 aliphatic heterocycles. The molecule has 0 saturated carbocycles. The normalized spacial score (nSPS) is 10.2. The van der Waals surface area contributed by atoms with E-state index in [4.69, 9.17) is 9.52 Å². The molecule has 0 saturated heterocycles. The topological polar surface area (TPSA) is 67.5 Å². The molecule has 0 unspecified atom stereocenters. The van der Waals surface area contributed by atoms with Crippen LogP contribution in [-0.2, 0) is 6.42 Å². The number of aromatic carboxylic acids is 1. The van der Waals surface area contributed by atoms with Crippen LogP contribution in [0, 0.1) is 0 Å². The van der Waals surface area contributed by atoms with E-state index >= 15 is 0 Å². The molecule has 0 amide bonds. The van der Waals surface area contributed by atoms with E-state index in [0.29, 0.717) is 18.4 Å². The van der Waals surface area contributed by atoms with Gasteiger partial charge in [-0.3, -0.25) is 4.79 Å². The number of benzene rings is 1. The minimum absolute atomic E-state index is 0.0884. The fourth-order valence-electron chi connectivity index (χ4n) is 1.66. The van der Waals surface area contributed by atoms with Gasteiger partial charge in [0.2, 0.25) is 0 Å². The van der Waals surface area contributed by atoms with Crippen LogP contribution in [0.4, 0.5) is 0 Å². The first-order valence-corrected chi connectivity index (χ1v) is 5.56. The van der Waals surface area contributed by atoms with Crippen molar-refractivity contribution in [3.8, 4) is 0 Å². The van der Waals surface area contributed by atoms with Gasteiger partial charge in [-0.2, -0.15) is 0 Å². The van der Waals surface area contributed by atoms with Gasteiger partial charge >= 0.3 is 5.97 Å². The van der Waals surface area contributed by atoms with E-state index in [-0.39, 0.29) is 11.3 Å². The molecule has 0 aliphatic rings. The molecule has 1 aromatic heterocycles. The fraction of sp³-hybridized carbons (Fsp3) is 0.143. The summed E-state index contributed by atoms with van der Waals surface area (Å²) in [5, 5.41) is 8.84. The number of furan rings is 1. The molecule has 4 heteroatoms. The van der Waals surface area contributed by atoms with Gasteiger partial charge in [-0.1, -0.05) is 12.1 Å². The van der Waals surface area contributed by atoms with Gasteiger partial charge in [0.25, 0.3) is 0 Å². The van der Waals surface area contributed by atoms with E-state index in [9.17, 15) is 9.59 Å². The van der Waals surface area contributed by atoms with Crippen LogP contribution >= 0.6 is 0 Å². The van der Waals surface area contributed by atoms with Gasteiger partial charge in [0.1, 0.15) is 5.76 Å². The second-order valence-electron chi connectivity index (χ2n) is 3.89.